The molecule has 100 valence electrons. The van der Waals surface area contributed by atoms with E-state index in [0.29, 0.717) is 0 Å². The van der Waals surface area contributed by atoms with Gasteiger partial charge in [-0.15, -0.1) is 0 Å². The highest BCUT2D eigenvalue weighted by atomic mass is 16.3. The molecular formula is C14H28N2O. The van der Waals surface area contributed by atoms with Crippen LogP contribution >= 0.6 is 0 Å². The average Bonchev–Trinajstić information content (AvgIpc) is 2.39. The number of piperidine rings is 1. The first-order valence-electron chi connectivity index (χ1n) is 7.41. The second-order valence-corrected chi connectivity index (χ2v) is 5.79. The standard InChI is InChI=1S/C14H28N2O/c1-2-16-9-7-13(8-10-16)15-11-12-3-5-14(17)6-4-12/h12-15,17H,2-11H2,1H3. The summed E-state index contributed by atoms with van der Waals surface area (Å²) in [5, 5.41) is 13.2. The van der Waals surface area contributed by atoms with Crippen LogP contribution in [0.25, 0.3) is 0 Å². The average molecular weight is 240 g/mol. The van der Waals surface area contributed by atoms with Crippen LogP contribution in [0.4, 0.5) is 0 Å². The second kappa shape index (κ2) is 6.72. The van der Waals surface area contributed by atoms with Crippen LogP contribution in [0.2, 0.25) is 0 Å². The van der Waals surface area contributed by atoms with Gasteiger partial charge in [-0.25, -0.2) is 0 Å². The van der Waals surface area contributed by atoms with Crippen LogP contribution in [-0.4, -0.2) is 48.3 Å². The fourth-order valence-electron chi connectivity index (χ4n) is 3.14. The fraction of sp³-hybridized carbons (Fsp3) is 1.00. The Hall–Kier alpha value is -0.120. The van der Waals surface area contributed by atoms with Gasteiger partial charge in [-0.2, -0.15) is 0 Å². The first-order valence-corrected chi connectivity index (χ1v) is 7.41. The van der Waals surface area contributed by atoms with Crippen LogP contribution in [0.5, 0.6) is 0 Å². The first kappa shape index (κ1) is 13.3. The smallest absolute Gasteiger partial charge is 0.0540 e. The number of nitrogens with zero attached hydrogens (tertiary/aromatic N) is 1. The maximum Gasteiger partial charge on any atom is 0.0540 e. The molecule has 1 heterocycles. The minimum Gasteiger partial charge on any atom is -0.393 e. The van der Waals surface area contributed by atoms with Crippen LogP contribution in [0.15, 0.2) is 0 Å². The van der Waals surface area contributed by atoms with Gasteiger partial charge in [0.15, 0.2) is 0 Å². The molecule has 2 N–H and O–H groups in total. The number of aliphatic hydroxyl groups is 1. The van der Waals surface area contributed by atoms with Gasteiger partial charge in [0.1, 0.15) is 0 Å². The van der Waals surface area contributed by atoms with Gasteiger partial charge < -0.3 is 15.3 Å². The molecule has 1 saturated carbocycles. The van der Waals surface area contributed by atoms with Gasteiger partial charge in [-0.1, -0.05) is 6.92 Å². The summed E-state index contributed by atoms with van der Waals surface area (Å²) >= 11 is 0. The van der Waals surface area contributed by atoms with Crippen molar-refractivity contribution in [2.75, 3.05) is 26.2 Å². The van der Waals surface area contributed by atoms with E-state index in [1.165, 1.54) is 51.9 Å². The summed E-state index contributed by atoms with van der Waals surface area (Å²) in [6, 6.07) is 0.740. The number of rotatable bonds is 4. The Kier molecular flexibility index (Phi) is 5.26. The molecule has 3 nitrogen and oxygen atoms in total. The van der Waals surface area contributed by atoms with E-state index in [1.807, 2.05) is 0 Å². The molecule has 2 rings (SSSR count). The van der Waals surface area contributed by atoms with Crippen molar-refractivity contribution in [3.8, 4) is 0 Å². The summed E-state index contributed by atoms with van der Waals surface area (Å²) in [5.74, 6) is 0.808. The highest BCUT2D eigenvalue weighted by Gasteiger charge is 2.22. The zero-order chi connectivity index (χ0) is 12.1. The van der Waals surface area contributed by atoms with Gasteiger partial charge in [-0.3, -0.25) is 0 Å². The van der Waals surface area contributed by atoms with Crippen molar-refractivity contribution in [1.29, 1.82) is 0 Å². The van der Waals surface area contributed by atoms with E-state index in [0.717, 1.165) is 24.8 Å². The largest absolute Gasteiger partial charge is 0.393 e. The molecule has 3 heteroatoms. The van der Waals surface area contributed by atoms with Gasteiger partial charge in [0.2, 0.25) is 0 Å². The van der Waals surface area contributed by atoms with Crippen molar-refractivity contribution in [2.45, 2.75) is 57.6 Å². The molecule has 0 aromatic heterocycles. The predicted octanol–water partition coefficient (Wildman–Crippen LogP) is 1.61. The van der Waals surface area contributed by atoms with Gasteiger partial charge >= 0.3 is 0 Å². The summed E-state index contributed by atoms with van der Waals surface area (Å²) in [4.78, 5) is 2.54. The second-order valence-electron chi connectivity index (χ2n) is 5.79. The quantitative estimate of drug-likeness (QED) is 0.784. The van der Waals surface area contributed by atoms with Crippen molar-refractivity contribution in [1.82, 2.24) is 10.2 Å². The summed E-state index contributed by atoms with van der Waals surface area (Å²) < 4.78 is 0. The van der Waals surface area contributed by atoms with Crippen molar-refractivity contribution in [3.05, 3.63) is 0 Å². The number of hydrogen-bond acceptors (Lipinski definition) is 3. The Morgan fingerprint density at radius 1 is 1.06 bits per heavy atom. The Labute approximate surface area is 106 Å². The molecule has 0 atom stereocenters. The van der Waals surface area contributed by atoms with Crippen molar-refractivity contribution in [2.24, 2.45) is 5.92 Å². The first-order chi connectivity index (χ1) is 8.28. The molecule has 0 unspecified atom stereocenters. The van der Waals surface area contributed by atoms with E-state index in [-0.39, 0.29) is 6.10 Å². The third kappa shape index (κ3) is 4.23. The Bertz CT molecular complexity index is 206. The molecule has 0 aromatic carbocycles. The highest BCUT2D eigenvalue weighted by molar-refractivity contribution is 4.79. The molecular weight excluding hydrogens is 212 g/mol. The van der Waals surface area contributed by atoms with Crippen LogP contribution < -0.4 is 5.32 Å². The number of hydrogen-bond donors (Lipinski definition) is 2. The van der Waals surface area contributed by atoms with E-state index in [1.54, 1.807) is 0 Å². The summed E-state index contributed by atoms with van der Waals surface area (Å²) in [7, 11) is 0. The molecule has 0 aromatic rings. The Morgan fingerprint density at radius 2 is 1.71 bits per heavy atom. The molecule has 1 aliphatic carbocycles. The third-order valence-electron chi connectivity index (χ3n) is 4.55. The minimum absolute atomic E-state index is 0.0148. The number of likely N-dealkylation sites (tertiary alicyclic amines) is 1. The number of nitrogens with one attached hydrogen (secondary N) is 1. The third-order valence-corrected chi connectivity index (χ3v) is 4.55. The lowest BCUT2D eigenvalue weighted by molar-refractivity contribution is 0.106. The Balaban J connectivity index is 1.59. The zero-order valence-electron chi connectivity index (χ0n) is 11.2. The number of aliphatic hydroxyl groups excluding tert-OH is 1. The van der Waals surface area contributed by atoms with Crippen molar-refractivity contribution < 1.29 is 5.11 Å². The lowest BCUT2D eigenvalue weighted by atomic mass is 9.87. The van der Waals surface area contributed by atoms with Crippen LogP contribution in [0, 0.1) is 5.92 Å². The minimum atomic E-state index is -0.0148. The van der Waals surface area contributed by atoms with Crippen molar-refractivity contribution in [3.63, 3.8) is 0 Å². The lowest BCUT2D eigenvalue weighted by Gasteiger charge is -2.33. The predicted molar refractivity (Wildman–Crippen MR) is 71.1 cm³/mol. The molecule has 2 fully saturated rings. The van der Waals surface area contributed by atoms with Crippen molar-refractivity contribution >= 4 is 0 Å². The molecule has 1 saturated heterocycles. The topological polar surface area (TPSA) is 35.5 Å². The van der Waals surface area contributed by atoms with Gasteiger partial charge in [0.05, 0.1) is 6.10 Å². The molecule has 1 aliphatic heterocycles. The zero-order valence-corrected chi connectivity index (χ0v) is 11.2. The van der Waals surface area contributed by atoms with E-state index >= 15 is 0 Å². The van der Waals surface area contributed by atoms with Crippen LogP contribution in [-0.2, 0) is 0 Å². The molecule has 0 bridgehead atoms. The molecule has 0 amide bonds. The molecule has 0 radical (unpaired) electrons. The summed E-state index contributed by atoms with van der Waals surface area (Å²) in [6.45, 7) is 7.15. The SMILES string of the molecule is CCN1CCC(NCC2CCC(O)CC2)CC1. The highest BCUT2D eigenvalue weighted by Crippen LogP contribution is 2.23. The normalized spacial score (nSPS) is 32.8. The fourth-order valence-corrected chi connectivity index (χ4v) is 3.14. The van der Waals surface area contributed by atoms with Gasteiger partial charge in [0, 0.05) is 6.04 Å². The van der Waals surface area contributed by atoms with Gasteiger partial charge in [-0.05, 0) is 70.6 Å². The summed E-state index contributed by atoms with van der Waals surface area (Å²) in [5.41, 5.74) is 0. The maximum atomic E-state index is 9.47. The van der Waals surface area contributed by atoms with Gasteiger partial charge in [0.25, 0.3) is 0 Å². The van der Waals surface area contributed by atoms with E-state index in [4.69, 9.17) is 0 Å². The monoisotopic (exact) mass is 240 g/mol. The lowest BCUT2D eigenvalue weighted by Crippen LogP contribution is -2.44. The van der Waals surface area contributed by atoms with E-state index in [9.17, 15) is 5.11 Å². The van der Waals surface area contributed by atoms with E-state index < -0.39 is 0 Å². The molecule has 2 aliphatic rings. The Morgan fingerprint density at radius 3 is 2.29 bits per heavy atom. The van der Waals surface area contributed by atoms with E-state index in [2.05, 4.69) is 17.1 Å². The molecule has 17 heavy (non-hydrogen) atoms. The molecule has 0 spiro atoms. The maximum absolute atomic E-state index is 9.47. The van der Waals surface area contributed by atoms with Crippen LogP contribution in [0.1, 0.15) is 45.4 Å². The van der Waals surface area contributed by atoms with Crippen LogP contribution in [0.3, 0.4) is 0 Å². The summed E-state index contributed by atoms with van der Waals surface area (Å²) in [6.07, 6.45) is 7.05.